The molecule has 0 saturated carbocycles. The summed E-state index contributed by atoms with van der Waals surface area (Å²) in [7, 11) is 0. The van der Waals surface area contributed by atoms with Gasteiger partial charge < -0.3 is 5.73 Å². The van der Waals surface area contributed by atoms with E-state index in [0.29, 0.717) is 0 Å². The molecular formula is C18H20BrNS. The van der Waals surface area contributed by atoms with Gasteiger partial charge >= 0.3 is 0 Å². The molecule has 3 heteroatoms. The van der Waals surface area contributed by atoms with E-state index in [-0.39, 0.29) is 6.04 Å². The Kier molecular flexibility index (Phi) is 5.04. The lowest BCUT2D eigenvalue weighted by atomic mass is 10.0. The molecule has 0 aromatic heterocycles. The zero-order valence-corrected chi connectivity index (χ0v) is 14.4. The second-order valence-corrected chi connectivity index (χ2v) is 7.58. The van der Waals surface area contributed by atoms with E-state index in [4.69, 9.17) is 5.73 Å². The molecule has 2 N–H and O–H groups in total. The minimum atomic E-state index is 0.196. The van der Waals surface area contributed by atoms with Crippen LogP contribution in [0, 0.1) is 0 Å². The first-order valence-electron chi connectivity index (χ1n) is 7.46. The number of halogens is 1. The number of rotatable bonds is 5. The van der Waals surface area contributed by atoms with Gasteiger partial charge in [-0.3, -0.25) is 0 Å². The van der Waals surface area contributed by atoms with Crippen LogP contribution in [0.25, 0.3) is 0 Å². The molecule has 0 heterocycles. The van der Waals surface area contributed by atoms with Gasteiger partial charge in [-0.25, -0.2) is 0 Å². The van der Waals surface area contributed by atoms with E-state index in [2.05, 4.69) is 52.3 Å². The average molecular weight is 362 g/mol. The lowest BCUT2D eigenvalue weighted by molar-refractivity contribution is 0.748. The second kappa shape index (κ2) is 6.99. The van der Waals surface area contributed by atoms with Crippen LogP contribution >= 0.6 is 27.7 Å². The molecule has 2 aromatic carbocycles. The fourth-order valence-electron chi connectivity index (χ4n) is 2.87. The molecule has 1 aliphatic carbocycles. The molecule has 0 fully saturated rings. The molecule has 0 bridgehead atoms. The topological polar surface area (TPSA) is 26.0 Å². The summed E-state index contributed by atoms with van der Waals surface area (Å²) in [5.41, 5.74) is 10.8. The van der Waals surface area contributed by atoms with Crippen molar-refractivity contribution in [2.75, 3.05) is 5.75 Å². The Bertz CT molecular complexity index is 626. The number of benzene rings is 2. The number of nitrogens with two attached hydrogens (primary N) is 1. The van der Waals surface area contributed by atoms with Crippen LogP contribution in [0.15, 0.2) is 51.8 Å². The molecule has 0 amide bonds. The van der Waals surface area contributed by atoms with Crippen LogP contribution in [-0.2, 0) is 19.3 Å². The molecule has 1 unspecified atom stereocenters. The lowest BCUT2D eigenvalue weighted by Crippen LogP contribution is -2.25. The summed E-state index contributed by atoms with van der Waals surface area (Å²) in [5.74, 6) is 0.944. The maximum atomic E-state index is 6.31. The lowest BCUT2D eigenvalue weighted by Gasteiger charge is -2.13. The third kappa shape index (κ3) is 3.91. The van der Waals surface area contributed by atoms with Crippen molar-refractivity contribution >= 4 is 27.7 Å². The van der Waals surface area contributed by atoms with Crippen molar-refractivity contribution < 1.29 is 0 Å². The van der Waals surface area contributed by atoms with Crippen molar-refractivity contribution in [2.24, 2.45) is 5.73 Å². The highest BCUT2D eigenvalue weighted by Gasteiger charge is 2.12. The average Bonchev–Trinajstić information content (AvgIpc) is 2.94. The van der Waals surface area contributed by atoms with E-state index in [1.807, 2.05) is 17.8 Å². The largest absolute Gasteiger partial charge is 0.327 e. The quantitative estimate of drug-likeness (QED) is 0.787. The minimum Gasteiger partial charge on any atom is -0.327 e. The summed E-state index contributed by atoms with van der Waals surface area (Å²) in [5, 5.41) is 0. The zero-order chi connectivity index (χ0) is 14.7. The fraction of sp³-hybridized carbons (Fsp3) is 0.333. The van der Waals surface area contributed by atoms with Crippen molar-refractivity contribution in [1.82, 2.24) is 0 Å². The van der Waals surface area contributed by atoms with Crippen LogP contribution in [0.5, 0.6) is 0 Å². The minimum absolute atomic E-state index is 0.196. The third-order valence-corrected chi connectivity index (χ3v) is 6.17. The molecule has 21 heavy (non-hydrogen) atoms. The van der Waals surface area contributed by atoms with Crippen molar-refractivity contribution in [3.8, 4) is 0 Å². The Hall–Kier alpha value is -0.770. The van der Waals surface area contributed by atoms with Crippen LogP contribution in [0.4, 0.5) is 0 Å². The molecule has 2 aromatic rings. The van der Waals surface area contributed by atoms with E-state index in [9.17, 15) is 0 Å². The molecule has 3 rings (SSSR count). The molecule has 1 aliphatic rings. The van der Waals surface area contributed by atoms with E-state index in [1.54, 1.807) is 0 Å². The van der Waals surface area contributed by atoms with Gasteiger partial charge in [-0.15, -0.1) is 11.8 Å². The van der Waals surface area contributed by atoms with Crippen molar-refractivity contribution in [3.05, 3.63) is 63.6 Å². The predicted octanol–water partition coefficient (Wildman–Crippen LogP) is 4.60. The van der Waals surface area contributed by atoms with E-state index < -0.39 is 0 Å². The van der Waals surface area contributed by atoms with Crippen molar-refractivity contribution in [1.29, 1.82) is 0 Å². The molecule has 0 spiro atoms. The molecule has 1 nitrogen and oxygen atoms in total. The monoisotopic (exact) mass is 361 g/mol. The number of hydrogen-bond donors (Lipinski definition) is 1. The van der Waals surface area contributed by atoms with E-state index in [1.165, 1.54) is 40.8 Å². The highest BCUT2D eigenvalue weighted by Crippen LogP contribution is 2.28. The Morgan fingerprint density at radius 1 is 1.10 bits per heavy atom. The first kappa shape index (κ1) is 15.1. The third-order valence-electron chi connectivity index (χ3n) is 3.95. The van der Waals surface area contributed by atoms with Gasteiger partial charge in [0.2, 0.25) is 0 Å². The van der Waals surface area contributed by atoms with Gasteiger partial charge in [0.05, 0.1) is 0 Å². The number of fused-ring (bicyclic) bond motifs is 1. The van der Waals surface area contributed by atoms with Crippen molar-refractivity contribution in [3.63, 3.8) is 0 Å². The summed E-state index contributed by atoms with van der Waals surface area (Å²) in [6.07, 6.45) is 4.76. The summed E-state index contributed by atoms with van der Waals surface area (Å²) in [6.45, 7) is 0. The first-order valence-corrected chi connectivity index (χ1v) is 9.24. The van der Waals surface area contributed by atoms with Gasteiger partial charge in [-0.1, -0.05) is 30.3 Å². The first-order chi connectivity index (χ1) is 10.2. The van der Waals surface area contributed by atoms with Gasteiger partial charge in [0.15, 0.2) is 0 Å². The molecule has 110 valence electrons. The summed E-state index contributed by atoms with van der Waals surface area (Å²) < 4.78 is 1.15. The van der Waals surface area contributed by atoms with Crippen LogP contribution < -0.4 is 5.73 Å². The molecule has 0 radical (unpaired) electrons. The Morgan fingerprint density at radius 3 is 2.76 bits per heavy atom. The van der Waals surface area contributed by atoms with E-state index >= 15 is 0 Å². The van der Waals surface area contributed by atoms with E-state index in [0.717, 1.165) is 16.6 Å². The summed E-state index contributed by atoms with van der Waals surface area (Å²) in [4.78, 5) is 1.27. The smallest absolute Gasteiger partial charge is 0.0311 e. The number of thioether (sulfide) groups is 1. The maximum Gasteiger partial charge on any atom is 0.0311 e. The highest BCUT2D eigenvalue weighted by molar-refractivity contribution is 9.10. The van der Waals surface area contributed by atoms with Gasteiger partial charge in [-0.05, 0) is 70.4 Å². The number of hydrogen-bond acceptors (Lipinski definition) is 2. The van der Waals surface area contributed by atoms with Gasteiger partial charge in [0, 0.05) is 21.2 Å². The van der Waals surface area contributed by atoms with Crippen LogP contribution in [0.2, 0.25) is 0 Å². The van der Waals surface area contributed by atoms with Crippen LogP contribution in [-0.4, -0.2) is 11.8 Å². The SMILES string of the molecule is NC(CSc1ccccc1Br)Cc1ccc2c(c1)CCC2. The molecule has 0 aliphatic heterocycles. The fourth-order valence-corrected chi connectivity index (χ4v) is 4.39. The second-order valence-electron chi connectivity index (χ2n) is 5.66. The van der Waals surface area contributed by atoms with Gasteiger partial charge in [-0.2, -0.15) is 0 Å². The maximum absolute atomic E-state index is 6.31. The summed E-state index contributed by atoms with van der Waals surface area (Å²) in [6, 6.07) is 15.4. The Labute approximate surface area is 139 Å². The van der Waals surface area contributed by atoms with Gasteiger partial charge in [0.25, 0.3) is 0 Å². The Balaban J connectivity index is 1.57. The number of aryl methyl sites for hydroxylation is 2. The predicted molar refractivity (Wildman–Crippen MR) is 95.0 cm³/mol. The van der Waals surface area contributed by atoms with Crippen LogP contribution in [0.1, 0.15) is 23.1 Å². The normalized spacial score (nSPS) is 15.0. The zero-order valence-electron chi connectivity index (χ0n) is 12.0. The van der Waals surface area contributed by atoms with Crippen LogP contribution in [0.3, 0.4) is 0 Å². The Morgan fingerprint density at radius 2 is 1.90 bits per heavy atom. The molecular weight excluding hydrogens is 342 g/mol. The molecule has 1 atom stereocenters. The highest BCUT2D eigenvalue weighted by atomic mass is 79.9. The van der Waals surface area contributed by atoms with Crippen molar-refractivity contribution in [2.45, 2.75) is 36.6 Å². The standard InChI is InChI=1S/C18H20BrNS/c19-17-6-1-2-7-18(17)21-12-16(20)11-13-8-9-14-4-3-5-15(14)10-13/h1-2,6-10,16H,3-5,11-12,20H2. The van der Waals surface area contributed by atoms with Gasteiger partial charge in [0.1, 0.15) is 0 Å². The molecule has 0 saturated heterocycles. The summed E-state index contributed by atoms with van der Waals surface area (Å²) >= 11 is 5.41.